The molecule has 3 rings (SSSR count). The van der Waals surface area contributed by atoms with Gasteiger partial charge in [0.2, 0.25) is 15.9 Å². The number of rotatable bonds is 4. The minimum atomic E-state index is -3.66. The number of piperidine rings is 1. The average Bonchev–Trinajstić information content (AvgIpc) is 3.14. The number of anilines is 1. The summed E-state index contributed by atoms with van der Waals surface area (Å²) in [5.41, 5.74) is 0.583. The summed E-state index contributed by atoms with van der Waals surface area (Å²) in [6.45, 7) is 2.29. The van der Waals surface area contributed by atoms with E-state index in [4.69, 9.17) is 0 Å². The number of carbonyl (C=O) groups is 1. The van der Waals surface area contributed by atoms with Gasteiger partial charge in [0.05, 0.1) is 17.8 Å². The molecule has 10 heteroatoms. The van der Waals surface area contributed by atoms with Crippen LogP contribution in [0, 0.1) is 12.8 Å². The smallest absolute Gasteiger partial charge is 0.246 e. The van der Waals surface area contributed by atoms with Crippen LogP contribution in [0.4, 0.5) is 5.82 Å². The van der Waals surface area contributed by atoms with Gasteiger partial charge in [-0.3, -0.25) is 14.2 Å². The zero-order chi connectivity index (χ0) is 18.2. The molecule has 1 aliphatic rings. The molecular weight excluding hydrogens is 344 g/mol. The number of hydrogen-bond donors (Lipinski definition) is 1. The van der Waals surface area contributed by atoms with Crippen molar-refractivity contribution >= 4 is 21.7 Å². The Kier molecular flexibility index (Phi) is 4.65. The molecular formula is C15H22N6O3S. The van der Waals surface area contributed by atoms with Gasteiger partial charge in [-0.15, -0.1) is 0 Å². The van der Waals surface area contributed by atoms with Gasteiger partial charge in [0.15, 0.2) is 5.82 Å². The summed E-state index contributed by atoms with van der Waals surface area (Å²) in [5.74, 6) is -0.139. The van der Waals surface area contributed by atoms with Gasteiger partial charge in [-0.25, -0.2) is 8.42 Å². The molecule has 0 aromatic carbocycles. The van der Waals surface area contributed by atoms with Crippen LogP contribution in [0.25, 0.3) is 0 Å². The molecule has 0 saturated carbocycles. The average molecular weight is 366 g/mol. The maximum absolute atomic E-state index is 12.9. The van der Waals surface area contributed by atoms with Crippen LogP contribution in [0.5, 0.6) is 0 Å². The number of aryl methyl sites for hydroxylation is 2. The Balaban J connectivity index is 1.74. The number of nitrogens with one attached hydrogen (secondary N) is 1. The summed E-state index contributed by atoms with van der Waals surface area (Å²) >= 11 is 0. The summed E-state index contributed by atoms with van der Waals surface area (Å²) in [4.78, 5) is 12.7. The Morgan fingerprint density at radius 3 is 2.72 bits per heavy atom. The van der Waals surface area contributed by atoms with E-state index in [1.807, 2.05) is 0 Å². The molecule has 0 aliphatic carbocycles. The minimum Gasteiger partial charge on any atom is -0.309 e. The first-order valence-corrected chi connectivity index (χ1v) is 9.52. The van der Waals surface area contributed by atoms with Crippen molar-refractivity contribution in [3.8, 4) is 0 Å². The van der Waals surface area contributed by atoms with E-state index in [9.17, 15) is 13.2 Å². The van der Waals surface area contributed by atoms with E-state index in [1.165, 1.54) is 15.2 Å². The highest BCUT2D eigenvalue weighted by atomic mass is 32.2. The van der Waals surface area contributed by atoms with E-state index in [1.54, 1.807) is 38.0 Å². The fraction of sp³-hybridized carbons (Fsp3) is 0.533. The first-order valence-electron chi connectivity index (χ1n) is 8.08. The second-order valence-electron chi connectivity index (χ2n) is 6.28. The van der Waals surface area contributed by atoms with Crippen LogP contribution in [0.15, 0.2) is 23.4 Å². The first kappa shape index (κ1) is 17.6. The van der Waals surface area contributed by atoms with Gasteiger partial charge in [-0.05, 0) is 19.8 Å². The molecule has 2 aromatic rings. The number of hydrogen-bond acceptors (Lipinski definition) is 5. The lowest BCUT2D eigenvalue weighted by Crippen LogP contribution is -2.43. The van der Waals surface area contributed by atoms with E-state index < -0.39 is 15.9 Å². The Bertz CT molecular complexity index is 885. The van der Waals surface area contributed by atoms with Crippen LogP contribution >= 0.6 is 0 Å². The van der Waals surface area contributed by atoms with Crippen molar-refractivity contribution in [2.75, 3.05) is 18.4 Å². The summed E-state index contributed by atoms with van der Waals surface area (Å²) < 4.78 is 30.3. The van der Waals surface area contributed by atoms with Gasteiger partial charge in [-0.1, -0.05) is 0 Å². The highest BCUT2D eigenvalue weighted by Gasteiger charge is 2.35. The number of amides is 1. The normalized spacial score (nSPS) is 19.1. The number of nitrogens with zero attached hydrogens (tertiary/aromatic N) is 5. The molecule has 1 saturated heterocycles. The zero-order valence-corrected chi connectivity index (χ0v) is 15.3. The molecule has 9 nitrogen and oxygen atoms in total. The van der Waals surface area contributed by atoms with Crippen LogP contribution in [0.2, 0.25) is 0 Å². The topological polar surface area (TPSA) is 102 Å². The molecule has 0 bridgehead atoms. The van der Waals surface area contributed by atoms with Gasteiger partial charge >= 0.3 is 0 Å². The fourth-order valence-electron chi connectivity index (χ4n) is 2.96. The third-order valence-corrected chi connectivity index (χ3v) is 6.50. The first-order chi connectivity index (χ1) is 11.8. The molecule has 1 fully saturated rings. The lowest BCUT2D eigenvalue weighted by atomic mass is 9.99. The number of carbonyl (C=O) groups excluding carboxylic acids is 1. The van der Waals surface area contributed by atoms with Crippen molar-refractivity contribution in [3.05, 3.63) is 24.2 Å². The third-order valence-electron chi connectivity index (χ3n) is 4.53. The van der Waals surface area contributed by atoms with Crippen LogP contribution in [-0.4, -0.2) is 51.3 Å². The van der Waals surface area contributed by atoms with Crippen LogP contribution in [0.1, 0.15) is 18.5 Å². The van der Waals surface area contributed by atoms with E-state index >= 15 is 0 Å². The Morgan fingerprint density at radius 2 is 2.12 bits per heavy atom. The Hall–Kier alpha value is -2.20. The molecule has 1 atom stereocenters. The zero-order valence-electron chi connectivity index (χ0n) is 14.5. The number of sulfonamides is 1. The van der Waals surface area contributed by atoms with Crippen LogP contribution in [0.3, 0.4) is 0 Å². The van der Waals surface area contributed by atoms with E-state index in [2.05, 4.69) is 15.5 Å². The summed E-state index contributed by atoms with van der Waals surface area (Å²) in [6, 6.07) is 1.70. The minimum absolute atomic E-state index is 0.162. The van der Waals surface area contributed by atoms with Crippen molar-refractivity contribution in [1.29, 1.82) is 0 Å². The van der Waals surface area contributed by atoms with Crippen LogP contribution < -0.4 is 5.32 Å². The molecule has 2 aromatic heterocycles. The predicted octanol–water partition coefficient (Wildman–Crippen LogP) is 0.501. The maximum atomic E-state index is 12.9. The van der Waals surface area contributed by atoms with E-state index in [0.29, 0.717) is 30.9 Å². The molecule has 0 spiro atoms. The molecule has 3 heterocycles. The molecule has 136 valence electrons. The number of aromatic nitrogens is 4. The summed E-state index contributed by atoms with van der Waals surface area (Å²) in [7, 11) is -0.190. The summed E-state index contributed by atoms with van der Waals surface area (Å²) in [5, 5.41) is 10.9. The Labute approximate surface area is 146 Å². The largest absolute Gasteiger partial charge is 0.309 e. The highest BCUT2D eigenvalue weighted by Crippen LogP contribution is 2.26. The van der Waals surface area contributed by atoms with Gasteiger partial charge < -0.3 is 5.32 Å². The molecule has 1 amide bonds. The monoisotopic (exact) mass is 366 g/mol. The molecule has 1 N–H and O–H groups in total. The molecule has 1 aliphatic heterocycles. The molecule has 0 radical (unpaired) electrons. The van der Waals surface area contributed by atoms with Gasteiger partial charge in [-0.2, -0.15) is 14.5 Å². The van der Waals surface area contributed by atoms with Crippen molar-refractivity contribution in [2.24, 2.45) is 20.0 Å². The van der Waals surface area contributed by atoms with Gasteiger partial charge in [0, 0.05) is 39.4 Å². The van der Waals surface area contributed by atoms with Crippen molar-refractivity contribution < 1.29 is 13.2 Å². The van der Waals surface area contributed by atoms with Crippen LogP contribution in [-0.2, 0) is 28.9 Å². The van der Waals surface area contributed by atoms with E-state index in [0.717, 1.165) is 0 Å². The molecule has 25 heavy (non-hydrogen) atoms. The lowest BCUT2D eigenvalue weighted by molar-refractivity contribution is -0.120. The third kappa shape index (κ3) is 3.45. The molecule has 0 unspecified atom stereocenters. The highest BCUT2D eigenvalue weighted by molar-refractivity contribution is 7.89. The predicted molar refractivity (Wildman–Crippen MR) is 91.3 cm³/mol. The van der Waals surface area contributed by atoms with Gasteiger partial charge in [0.25, 0.3) is 0 Å². The summed E-state index contributed by atoms with van der Waals surface area (Å²) in [6.07, 6.45) is 4.39. The fourth-order valence-corrected chi connectivity index (χ4v) is 4.67. The van der Waals surface area contributed by atoms with Crippen molar-refractivity contribution in [3.63, 3.8) is 0 Å². The second-order valence-corrected chi connectivity index (χ2v) is 8.19. The Morgan fingerprint density at radius 1 is 1.36 bits per heavy atom. The van der Waals surface area contributed by atoms with Gasteiger partial charge in [0.1, 0.15) is 4.90 Å². The maximum Gasteiger partial charge on any atom is 0.246 e. The van der Waals surface area contributed by atoms with Crippen molar-refractivity contribution in [2.45, 2.75) is 24.7 Å². The quantitative estimate of drug-likeness (QED) is 0.849. The SMILES string of the molecule is Cc1c(S(=O)(=O)N2CCC[C@@H](C(=O)Nc3ccn(C)n3)C2)cnn1C. The second kappa shape index (κ2) is 6.60. The van der Waals surface area contributed by atoms with Crippen molar-refractivity contribution in [1.82, 2.24) is 23.9 Å². The lowest BCUT2D eigenvalue weighted by Gasteiger charge is -2.30. The standard InChI is InChI=1S/C15H22N6O3S/c1-11-13(9-16-20(11)3)25(23,24)21-7-4-5-12(10-21)15(22)17-14-6-8-19(2)18-14/h6,8-9,12H,4-5,7,10H2,1-3H3,(H,17,18,22)/t12-/m1/s1. The van der Waals surface area contributed by atoms with E-state index in [-0.39, 0.29) is 17.3 Å².